The molecule has 11 heteroatoms. The summed E-state index contributed by atoms with van der Waals surface area (Å²) in [7, 11) is 0. The molecule has 4 heterocycles. The van der Waals surface area contributed by atoms with E-state index in [1.54, 1.807) is 0 Å². The molecule has 0 radical (unpaired) electrons. The predicted molar refractivity (Wildman–Crippen MR) is 93.3 cm³/mol. The zero-order valence-electron chi connectivity index (χ0n) is 15.2. The maximum Gasteiger partial charge on any atom is 0.408 e. The number of rotatable bonds is 3. The molecule has 2 atom stereocenters. The largest absolute Gasteiger partial charge is 0.451 e. The van der Waals surface area contributed by atoms with Crippen molar-refractivity contribution in [2.75, 3.05) is 29.6 Å². The lowest BCUT2D eigenvalue weighted by atomic mass is 10.1. The first-order valence-corrected chi connectivity index (χ1v) is 9.01. The number of anilines is 2. The number of fused-ring (bicyclic) bond motifs is 1. The summed E-state index contributed by atoms with van der Waals surface area (Å²) < 4.78 is 52.7. The number of oxazole rings is 1. The van der Waals surface area contributed by atoms with E-state index in [-0.39, 0.29) is 37.1 Å². The van der Waals surface area contributed by atoms with Gasteiger partial charge >= 0.3 is 6.18 Å². The number of hydrogen-bond donors (Lipinski definition) is 0. The van der Waals surface area contributed by atoms with E-state index >= 15 is 0 Å². The molecule has 8 nitrogen and oxygen atoms in total. The maximum absolute atomic E-state index is 13.7. The van der Waals surface area contributed by atoms with Crippen molar-refractivity contribution in [3.05, 3.63) is 34.8 Å². The van der Waals surface area contributed by atoms with Crippen molar-refractivity contribution in [2.24, 2.45) is 0 Å². The van der Waals surface area contributed by atoms with Crippen molar-refractivity contribution in [3.8, 4) is 0 Å². The standard InChI is InChI=1S/C17H20F3N5O3/c1-11-8-27-5-4-23(11)14-6-15(26)24-3-2-13(17(18,19)20)25(16(24)22-14)7-12-9-28-10-21-12/h6,9-11,13H,2-5,7-8H2,1H3/t11-,13+/m1/s1. The average molecular weight is 399 g/mol. The van der Waals surface area contributed by atoms with Gasteiger partial charge in [-0.15, -0.1) is 0 Å². The number of hydrogen-bond acceptors (Lipinski definition) is 7. The van der Waals surface area contributed by atoms with Crippen molar-refractivity contribution in [2.45, 2.75) is 44.7 Å². The highest BCUT2D eigenvalue weighted by atomic mass is 19.4. The molecule has 0 N–H and O–H groups in total. The van der Waals surface area contributed by atoms with Crippen molar-refractivity contribution < 1.29 is 22.3 Å². The Balaban J connectivity index is 1.78. The lowest BCUT2D eigenvalue weighted by Gasteiger charge is -2.40. The van der Waals surface area contributed by atoms with Crippen LogP contribution in [0.1, 0.15) is 19.0 Å². The van der Waals surface area contributed by atoms with E-state index in [2.05, 4.69) is 9.97 Å². The Morgan fingerprint density at radius 1 is 1.32 bits per heavy atom. The molecule has 0 spiro atoms. The number of nitrogens with zero attached hydrogens (tertiary/aromatic N) is 5. The van der Waals surface area contributed by atoms with Crippen LogP contribution in [0.4, 0.5) is 24.9 Å². The summed E-state index contributed by atoms with van der Waals surface area (Å²) in [6.45, 7) is 3.17. The second kappa shape index (κ2) is 7.12. The van der Waals surface area contributed by atoms with Crippen molar-refractivity contribution >= 4 is 11.8 Å². The molecular formula is C17H20F3N5O3. The van der Waals surface area contributed by atoms with Gasteiger partial charge in [0, 0.05) is 19.2 Å². The normalized spacial score (nSPS) is 23.0. The Labute approximate surface area is 158 Å². The molecule has 0 amide bonds. The van der Waals surface area contributed by atoms with Gasteiger partial charge < -0.3 is 19.0 Å². The monoisotopic (exact) mass is 399 g/mol. The summed E-state index contributed by atoms with van der Waals surface area (Å²) in [6, 6.07) is -0.406. The summed E-state index contributed by atoms with van der Waals surface area (Å²) >= 11 is 0. The van der Waals surface area contributed by atoms with Crippen LogP contribution in [0.15, 0.2) is 27.9 Å². The molecular weight excluding hydrogens is 379 g/mol. The van der Waals surface area contributed by atoms with Gasteiger partial charge in [0.15, 0.2) is 6.39 Å². The van der Waals surface area contributed by atoms with Crippen LogP contribution in [0.3, 0.4) is 0 Å². The molecule has 4 rings (SSSR count). The van der Waals surface area contributed by atoms with Crippen LogP contribution in [0, 0.1) is 0 Å². The molecule has 28 heavy (non-hydrogen) atoms. The minimum atomic E-state index is -4.46. The molecule has 152 valence electrons. The van der Waals surface area contributed by atoms with E-state index in [9.17, 15) is 18.0 Å². The Morgan fingerprint density at radius 3 is 2.82 bits per heavy atom. The van der Waals surface area contributed by atoms with Crippen molar-refractivity contribution in [1.29, 1.82) is 0 Å². The van der Waals surface area contributed by atoms with Gasteiger partial charge in [0.25, 0.3) is 5.56 Å². The fourth-order valence-electron chi connectivity index (χ4n) is 3.68. The maximum atomic E-state index is 13.7. The Morgan fingerprint density at radius 2 is 2.14 bits per heavy atom. The zero-order chi connectivity index (χ0) is 19.9. The highest BCUT2D eigenvalue weighted by Crippen LogP contribution is 2.35. The first-order valence-electron chi connectivity index (χ1n) is 9.01. The van der Waals surface area contributed by atoms with Gasteiger partial charge in [-0.1, -0.05) is 0 Å². The summed E-state index contributed by atoms with van der Waals surface area (Å²) in [4.78, 5) is 24.0. The van der Waals surface area contributed by atoms with E-state index in [1.807, 2.05) is 11.8 Å². The lowest BCUT2D eigenvalue weighted by molar-refractivity contribution is -0.153. The van der Waals surface area contributed by atoms with Gasteiger partial charge in [0.2, 0.25) is 5.95 Å². The first kappa shape index (κ1) is 18.8. The zero-order valence-corrected chi connectivity index (χ0v) is 15.2. The predicted octanol–water partition coefficient (Wildman–Crippen LogP) is 1.80. The number of halogens is 3. The Kier molecular flexibility index (Phi) is 4.77. The van der Waals surface area contributed by atoms with E-state index in [4.69, 9.17) is 9.15 Å². The molecule has 2 aromatic rings. The van der Waals surface area contributed by atoms with Crippen LogP contribution in [0.2, 0.25) is 0 Å². The average Bonchev–Trinajstić information content (AvgIpc) is 3.14. The van der Waals surface area contributed by atoms with Crippen molar-refractivity contribution in [1.82, 2.24) is 14.5 Å². The van der Waals surface area contributed by atoms with Crippen molar-refractivity contribution in [3.63, 3.8) is 0 Å². The van der Waals surface area contributed by atoms with Gasteiger partial charge in [0.1, 0.15) is 18.1 Å². The van der Waals surface area contributed by atoms with Gasteiger partial charge in [-0.25, -0.2) is 4.98 Å². The molecule has 0 unspecified atom stereocenters. The smallest absolute Gasteiger partial charge is 0.408 e. The Hall–Kier alpha value is -2.56. The third-order valence-corrected chi connectivity index (χ3v) is 5.09. The summed E-state index contributed by atoms with van der Waals surface area (Å²) in [6.07, 6.45) is -2.25. The molecule has 2 aliphatic rings. The summed E-state index contributed by atoms with van der Waals surface area (Å²) in [5.74, 6) is 0.359. The summed E-state index contributed by atoms with van der Waals surface area (Å²) in [5, 5.41) is 0. The highest BCUT2D eigenvalue weighted by molar-refractivity contribution is 5.47. The fourth-order valence-corrected chi connectivity index (χ4v) is 3.68. The second-order valence-electron chi connectivity index (χ2n) is 6.98. The SMILES string of the molecule is C[C@@H]1COCCN1c1cc(=O)n2c(n1)N(Cc1cocn1)[C@H](C(F)(F)F)CC2. The highest BCUT2D eigenvalue weighted by Gasteiger charge is 2.47. The number of morpholine rings is 1. The van der Waals surface area contributed by atoms with Gasteiger partial charge in [-0.2, -0.15) is 18.2 Å². The molecule has 0 aromatic carbocycles. The van der Waals surface area contributed by atoms with Crippen LogP contribution >= 0.6 is 0 Å². The molecule has 0 bridgehead atoms. The van der Waals surface area contributed by atoms with Crippen LogP contribution in [-0.4, -0.2) is 52.6 Å². The van der Waals surface area contributed by atoms with Crippen LogP contribution in [-0.2, 0) is 17.8 Å². The topological polar surface area (TPSA) is 76.6 Å². The third kappa shape index (κ3) is 3.46. The second-order valence-corrected chi connectivity index (χ2v) is 6.98. The van der Waals surface area contributed by atoms with Crippen LogP contribution < -0.4 is 15.4 Å². The molecule has 0 saturated carbocycles. The first-order chi connectivity index (χ1) is 13.3. The van der Waals surface area contributed by atoms with Gasteiger partial charge in [-0.05, 0) is 13.3 Å². The third-order valence-electron chi connectivity index (χ3n) is 5.09. The van der Waals surface area contributed by atoms with Crippen LogP contribution in [0.25, 0.3) is 0 Å². The molecule has 2 aliphatic heterocycles. The minimum Gasteiger partial charge on any atom is -0.451 e. The van der Waals surface area contributed by atoms with Crippen LogP contribution in [0.5, 0.6) is 0 Å². The number of aromatic nitrogens is 3. The number of alkyl halides is 3. The van der Waals surface area contributed by atoms with Gasteiger partial charge in [-0.3, -0.25) is 9.36 Å². The number of ether oxygens (including phenoxy) is 1. The van der Waals surface area contributed by atoms with E-state index in [0.717, 1.165) is 11.3 Å². The quantitative estimate of drug-likeness (QED) is 0.779. The van der Waals surface area contributed by atoms with E-state index < -0.39 is 12.2 Å². The molecule has 1 fully saturated rings. The molecule has 1 saturated heterocycles. The van der Waals surface area contributed by atoms with E-state index in [0.29, 0.717) is 31.3 Å². The Bertz CT molecular complexity index is 883. The molecule has 0 aliphatic carbocycles. The molecule has 2 aromatic heterocycles. The minimum absolute atomic E-state index is 0.00207. The lowest BCUT2D eigenvalue weighted by Crippen LogP contribution is -2.52. The fraction of sp³-hybridized carbons (Fsp3) is 0.588. The summed E-state index contributed by atoms with van der Waals surface area (Å²) in [5.41, 5.74) is -0.0356. The van der Waals surface area contributed by atoms with E-state index in [1.165, 1.54) is 16.9 Å². The van der Waals surface area contributed by atoms with Gasteiger partial charge in [0.05, 0.1) is 31.5 Å².